The molecule has 0 unspecified atom stereocenters. The number of rotatable bonds is 7. The highest BCUT2D eigenvalue weighted by Crippen LogP contribution is 2.26. The minimum atomic E-state index is -0.348. The van der Waals surface area contributed by atoms with Gasteiger partial charge in [-0.2, -0.15) is 0 Å². The molecule has 0 spiro atoms. The highest BCUT2D eigenvalue weighted by atomic mass is 16.2. The third-order valence-electron chi connectivity index (χ3n) is 3.95. The van der Waals surface area contributed by atoms with Gasteiger partial charge in [0.05, 0.1) is 24.1 Å². The molecule has 0 fully saturated rings. The SMILES string of the molecule is C=CC(=C)n1cc(-c2ccccc2NC(=O)CNC(=O)c2ccccc2)nn1. The normalized spacial score (nSPS) is 10.1. The molecular formula is C21H19N5O2. The van der Waals surface area contributed by atoms with Gasteiger partial charge in [0.25, 0.3) is 5.91 Å². The molecule has 0 bridgehead atoms. The van der Waals surface area contributed by atoms with Crippen LogP contribution in [-0.2, 0) is 4.79 Å². The summed E-state index contributed by atoms with van der Waals surface area (Å²) in [6.07, 6.45) is 3.27. The van der Waals surface area contributed by atoms with E-state index < -0.39 is 0 Å². The number of para-hydroxylation sites is 1. The van der Waals surface area contributed by atoms with Gasteiger partial charge < -0.3 is 10.6 Å². The number of carbonyl (C=O) groups is 2. The molecule has 0 saturated heterocycles. The van der Waals surface area contributed by atoms with Crippen molar-refractivity contribution in [2.75, 3.05) is 11.9 Å². The number of allylic oxidation sites excluding steroid dienone is 2. The quantitative estimate of drug-likeness (QED) is 0.623. The average Bonchev–Trinajstić information content (AvgIpc) is 3.22. The Morgan fingerprint density at radius 1 is 1.07 bits per heavy atom. The van der Waals surface area contributed by atoms with E-state index in [0.717, 1.165) is 0 Å². The van der Waals surface area contributed by atoms with Gasteiger partial charge in [-0.25, -0.2) is 4.68 Å². The molecule has 2 amide bonds. The maximum absolute atomic E-state index is 12.3. The molecule has 0 radical (unpaired) electrons. The van der Waals surface area contributed by atoms with Gasteiger partial charge in [-0.3, -0.25) is 9.59 Å². The highest BCUT2D eigenvalue weighted by Gasteiger charge is 2.13. The molecule has 2 N–H and O–H groups in total. The summed E-state index contributed by atoms with van der Waals surface area (Å²) in [6.45, 7) is 7.32. The van der Waals surface area contributed by atoms with Crippen LogP contribution in [0.3, 0.4) is 0 Å². The van der Waals surface area contributed by atoms with Gasteiger partial charge in [0.2, 0.25) is 5.91 Å². The molecule has 0 saturated carbocycles. The summed E-state index contributed by atoms with van der Waals surface area (Å²) < 4.78 is 1.50. The van der Waals surface area contributed by atoms with Crippen LogP contribution in [0.15, 0.2) is 80.0 Å². The van der Waals surface area contributed by atoms with E-state index in [1.807, 2.05) is 18.2 Å². The fourth-order valence-electron chi connectivity index (χ4n) is 2.48. The second-order valence-corrected chi connectivity index (χ2v) is 5.89. The monoisotopic (exact) mass is 373 g/mol. The lowest BCUT2D eigenvalue weighted by molar-refractivity contribution is -0.115. The molecule has 2 aromatic carbocycles. The Bertz CT molecular complexity index is 1020. The summed E-state index contributed by atoms with van der Waals surface area (Å²) >= 11 is 0. The Balaban J connectivity index is 1.68. The van der Waals surface area contributed by atoms with Gasteiger partial charge in [-0.1, -0.05) is 54.8 Å². The minimum absolute atomic E-state index is 0.151. The third-order valence-corrected chi connectivity index (χ3v) is 3.95. The number of hydrogen-bond acceptors (Lipinski definition) is 4. The van der Waals surface area contributed by atoms with Crippen LogP contribution in [0.5, 0.6) is 0 Å². The number of anilines is 1. The van der Waals surface area contributed by atoms with Crippen molar-refractivity contribution >= 4 is 23.2 Å². The van der Waals surface area contributed by atoms with E-state index in [9.17, 15) is 9.59 Å². The molecule has 0 aliphatic carbocycles. The minimum Gasteiger partial charge on any atom is -0.343 e. The van der Waals surface area contributed by atoms with Crippen LogP contribution in [0, 0.1) is 0 Å². The molecule has 3 aromatic rings. The Kier molecular flexibility index (Phi) is 5.76. The van der Waals surface area contributed by atoms with Crippen molar-refractivity contribution in [2.45, 2.75) is 0 Å². The molecule has 0 atom stereocenters. The zero-order valence-corrected chi connectivity index (χ0v) is 15.1. The molecule has 140 valence electrons. The van der Waals surface area contributed by atoms with Crippen molar-refractivity contribution in [3.8, 4) is 11.3 Å². The van der Waals surface area contributed by atoms with Crippen LogP contribution in [0.25, 0.3) is 17.0 Å². The molecule has 1 aromatic heterocycles. The second kappa shape index (κ2) is 8.59. The Labute approximate surface area is 162 Å². The largest absolute Gasteiger partial charge is 0.343 e. The van der Waals surface area contributed by atoms with E-state index in [1.54, 1.807) is 48.7 Å². The molecule has 3 rings (SSSR count). The van der Waals surface area contributed by atoms with Gasteiger partial charge in [-0.15, -0.1) is 5.10 Å². The zero-order valence-electron chi connectivity index (χ0n) is 15.1. The van der Waals surface area contributed by atoms with Crippen LogP contribution >= 0.6 is 0 Å². The lowest BCUT2D eigenvalue weighted by atomic mass is 10.1. The summed E-state index contributed by atoms with van der Waals surface area (Å²) in [5.41, 5.74) is 2.93. The molecule has 1 heterocycles. The first kappa shape index (κ1) is 18.8. The van der Waals surface area contributed by atoms with Crippen molar-refractivity contribution in [1.82, 2.24) is 20.3 Å². The van der Waals surface area contributed by atoms with Crippen molar-refractivity contribution in [2.24, 2.45) is 0 Å². The summed E-state index contributed by atoms with van der Waals surface area (Å²) in [4.78, 5) is 24.4. The predicted octanol–water partition coefficient (Wildman–Crippen LogP) is 2.97. The number of nitrogens with zero attached hydrogens (tertiary/aromatic N) is 3. The van der Waals surface area contributed by atoms with Gasteiger partial charge in [0.1, 0.15) is 5.69 Å². The van der Waals surface area contributed by atoms with Crippen molar-refractivity contribution in [3.63, 3.8) is 0 Å². The molecular weight excluding hydrogens is 354 g/mol. The third kappa shape index (κ3) is 4.39. The lowest BCUT2D eigenvalue weighted by Gasteiger charge is -2.10. The van der Waals surface area contributed by atoms with E-state index in [-0.39, 0.29) is 18.4 Å². The Hall–Kier alpha value is -4.00. The standard InChI is InChI=1S/C21H19N5O2/c1-3-15(2)26-14-19(24-25-26)17-11-7-8-12-18(17)23-20(27)13-22-21(28)16-9-5-4-6-10-16/h3-12,14H,1-2,13H2,(H,22,28)(H,23,27). The summed E-state index contributed by atoms with van der Waals surface area (Å²) in [5.74, 6) is -0.658. The second-order valence-electron chi connectivity index (χ2n) is 5.89. The first-order valence-electron chi connectivity index (χ1n) is 8.55. The summed E-state index contributed by atoms with van der Waals surface area (Å²) in [5, 5.41) is 13.5. The van der Waals surface area contributed by atoms with Crippen LogP contribution in [0.2, 0.25) is 0 Å². The summed E-state index contributed by atoms with van der Waals surface area (Å²) in [7, 11) is 0. The number of nitrogens with one attached hydrogen (secondary N) is 2. The average molecular weight is 373 g/mol. The van der Waals surface area contributed by atoms with E-state index in [4.69, 9.17) is 0 Å². The zero-order chi connectivity index (χ0) is 19.9. The van der Waals surface area contributed by atoms with Crippen molar-refractivity contribution in [3.05, 3.63) is 85.6 Å². The number of amides is 2. The van der Waals surface area contributed by atoms with Gasteiger partial charge in [0.15, 0.2) is 0 Å². The predicted molar refractivity (Wildman–Crippen MR) is 108 cm³/mol. The highest BCUT2D eigenvalue weighted by molar-refractivity contribution is 6.00. The van der Waals surface area contributed by atoms with Crippen molar-refractivity contribution in [1.29, 1.82) is 0 Å². The number of benzene rings is 2. The van der Waals surface area contributed by atoms with Gasteiger partial charge >= 0.3 is 0 Å². The van der Waals surface area contributed by atoms with Crippen LogP contribution in [0.4, 0.5) is 5.69 Å². The van der Waals surface area contributed by atoms with E-state index in [2.05, 4.69) is 34.1 Å². The van der Waals surface area contributed by atoms with E-state index in [0.29, 0.717) is 28.2 Å². The van der Waals surface area contributed by atoms with Crippen molar-refractivity contribution < 1.29 is 9.59 Å². The first-order valence-corrected chi connectivity index (χ1v) is 8.55. The maximum atomic E-state index is 12.3. The summed E-state index contributed by atoms with van der Waals surface area (Å²) in [6, 6.07) is 15.9. The first-order chi connectivity index (χ1) is 13.6. The molecule has 7 heteroatoms. The number of carbonyl (C=O) groups excluding carboxylic acids is 2. The number of hydrogen-bond donors (Lipinski definition) is 2. The fourth-order valence-corrected chi connectivity index (χ4v) is 2.48. The van der Waals surface area contributed by atoms with Gasteiger partial charge in [0, 0.05) is 11.1 Å². The smallest absolute Gasteiger partial charge is 0.251 e. The van der Waals surface area contributed by atoms with E-state index >= 15 is 0 Å². The molecule has 7 nitrogen and oxygen atoms in total. The van der Waals surface area contributed by atoms with Crippen LogP contribution in [0.1, 0.15) is 10.4 Å². The van der Waals surface area contributed by atoms with Crippen LogP contribution < -0.4 is 10.6 Å². The topological polar surface area (TPSA) is 88.9 Å². The molecule has 0 aliphatic heterocycles. The Morgan fingerprint density at radius 3 is 2.54 bits per heavy atom. The number of aromatic nitrogens is 3. The Morgan fingerprint density at radius 2 is 1.79 bits per heavy atom. The molecule has 0 aliphatic rings. The van der Waals surface area contributed by atoms with Gasteiger partial charge in [-0.05, 0) is 24.3 Å². The maximum Gasteiger partial charge on any atom is 0.251 e. The van der Waals surface area contributed by atoms with E-state index in [1.165, 1.54) is 4.68 Å². The van der Waals surface area contributed by atoms with Crippen LogP contribution in [-0.4, -0.2) is 33.4 Å². The molecule has 28 heavy (non-hydrogen) atoms. The fraction of sp³-hybridized carbons (Fsp3) is 0.0476. The lowest BCUT2D eigenvalue weighted by Crippen LogP contribution is -2.32.